The predicted molar refractivity (Wildman–Crippen MR) is 135 cm³/mol. The summed E-state index contributed by atoms with van der Waals surface area (Å²) in [6.07, 6.45) is 6.34. The number of carbonyl (C=O) groups excluding carboxylic acids is 3. The van der Waals surface area contributed by atoms with Gasteiger partial charge in [0, 0.05) is 29.7 Å². The van der Waals surface area contributed by atoms with E-state index in [1.165, 1.54) is 13.3 Å². The van der Waals surface area contributed by atoms with Gasteiger partial charge in [0.05, 0.1) is 12.7 Å². The smallest absolute Gasteiger partial charge is 0.323 e. The number of carboxylic acid groups (broad SMARTS) is 1. The van der Waals surface area contributed by atoms with Gasteiger partial charge < -0.3 is 29.9 Å². The summed E-state index contributed by atoms with van der Waals surface area (Å²) in [6, 6.07) is 4.03. The van der Waals surface area contributed by atoms with Gasteiger partial charge in [-0.15, -0.1) is 0 Å². The fourth-order valence-corrected chi connectivity index (χ4v) is 4.88. The molecule has 0 saturated heterocycles. The minimum atomic E-state index is -1.28. The van der Waals surface area contributed by atoms with Crippen molar-refractivity contribution in [1.82, 2.24) is 20.1 Å². The Morgan fingerprint density at radius 2 is 1.89 bits per heavy atom. The van der Waals surface area contributed by atoms with E-state index in [2.05, 4.69) is 10.3 Å². The topological polar surface area (TPSA) is 132 Å². The fourth-order valence-electron chi connectivity index (χ4n) is 4.88. The second-order valence-corrected chi connectivity index (χ2v) is 9.56. The van der Waals surface area contributed by atoms with Gasteiger partial charge in [-0.25, -0.2) is 0 Å². The van der Waals surface area contributed by atoms with E-state index in [0.717, 1.165) is 30.7 Å². The molecule has 3 N–H and O–H groups in total. The summed E-state index contributed by atoms with van der Waals surface area (Å²) >= 11 is 0. The van der Waals surface area contributed by atoms with E-state index < -0.39 is 36.2 Å². The zero-order valence-electron chi connectivity index (χ0n) is 21.2. The molecule has 0 radical (unpaired) electrons. The summed E-state index contributed by atoms with van der Waals surface area (Å²) in [4.78, 5) is 58.0. The first-order chi connectivity index (χ1) is 17.2. The number of nitrogens with one attached hydrogen (secondary N) is 2. The van der Waals surface area contributed by atoms with Crippen LogP contribution in [-0.2, 0) is 14.4 Å². The Hall–Kier alpha value is -3.40. The number of nitrogens with zero attached hydrogens (tertiary/aromatic N) is 2. The molecular formula is C26H36N4O6. The van der Waals surface area contributed by atoms with Crippen LogP contribution in [0.25, 0.3) is 10.9 Å². The van der Waals surface area contributed by atoms with E-state index in [4.69, 9.17) is 4.74 Å². The predicted octanol–water partition coefficient (Wildman–Crippen LogP) is 2.29. The number of ether oxygens (including phenoxy) is 1. The molecular weight excluding hydrogens is 464 g/mol. The van der Waals surface area contributed by atoms with Gasteiger partial charge in [0.15, 0.2) is 0 Å². The molecule has 3 rings (SSSR count). The van der Waals surface area contributed by atoms with Crippen LogP contribution in [0.3, 0.4) is 0 Å². The number of benzene rings is 1. The first-order valence-corrected chi connectivity index (χ1v) is 12.4. The number of ketones is 1. The van der Waals surface area contributed by atoms with Crippen LogP contribution in [0.4, 0.5) is 0 Å². The van der Waals surface area contributed by atoms with Crippen molar-refractivity contribution in [2.45, 2.75) is 44.6 Å². The van der Waals surface area contributed by atoms with Crippen LogP contribution >= 0.6 is 0 Å². The number of Topliss-reactive ketones (excluding diaryl/α,β-unsaturated/α-hetero) is 1. The molecule has 0 bridgehead atoms. The molecule has 0 spiro atoms. The van der Waals surface area contributed by atoms with Crippen LogP contribution in [0.1, 0.15) is 48.9 Å². The van der Waals surface area contributed by atoms with Crippen LogP contribution in [-0.4, -0.2) is 90.3 Å². The lowest BCUT2D eigenvalue weighted by Gasteiger charge is -2.36. The number of H-pyrrole nitrogens is 1. The van der Waals surface area contributed by atoms with Gasteiger partial charge in [0.25, 0.3) is 11.7 Å². The number of hydrogen-bond acceptors (Lipinski definition) is 6. The number of hydrogen-bond donors (Lipinski definition) is 3. The van der Waals surface area contributed by atoms with Crippen molar-refractivity contribution in [1.29, 1.82) is 0 Å². The highest BCUT2D eigenvalue weighted by molar-refractivity contribution is 6.45. The molecule has 1 unspecified atom stereocenters. The van der Waals surface area contributed by atoms with Crippen molar-refractivity contribution in [3.05, 3.63) is 30.0 Å². The standard InChI is InChI=1S/C26H36N4O6/c1-29(2)13-7-12-27-25(34)23(17-8-5-4-6-9-17)30(16-22(31)32)26(35)24(33)20-15-28-21-14-18(36-3)10-11-19(20)21/h10-11,14-15,17,23,28H,4-9,12-13,16H2,1-3H3,(H,27,34)(H,31,32). The molecule has 1 aromatic carbocycles. The maximum absolute atomic E-state index is 13.5. The van der Waals surface area contributed by atoms with Crippen molar-refractivity contribution in [3.63, 3.8) is 0 Å². The number of methoxy groups -OCH3 is 1. The number of fused-ring (bicyclic) bond motifs is 1. The third-order valence-corrected chi connectivity index (χ3v) is 6.68. The minimum Gasteiger partial charge on any atom is -0.497 e. The molecule has 1 aromatic heterocycles. The van der Waals surface area contributed by atoms with Gasteiger partial charge in [0.1, 0.15) is 18.3 Å². The van der Waals surface area contributed by atoms with Gasteiger partial charge in [-0.05, 0) is 58.0 Å². The van der Waals surface area contributed by atoms with E-state index in [0.29, 0.717) is 42.5 Å². The second kappa shape index (κ2) is 12.5. The average Bonchev–Trinajstić information content (AvgIpc) is 3.28. The van der Waals surface area contributed by atoms with E-state index in [1.54, 1.807) is 18.2 Å². The van der Waals surface area contributed by atoms with Gasteiger partial charge >= 0.3 is 5.97 Å². The fraction of sp³-hybridized carbons (Fsp3) is 0.538. The number of aliphatic carboxylic acids is 1. The second-order valence-electron chi connectivity index (χ2n) is 9.56. The third-order valence-electron chi connectivity index (χ3n) is 6.68. The molecule has 2 amide bonds. The number of carbonyl (C=O) groups is 4. The maximum Gasteiger partial charge on any atom is 0.323 e. The number of aromatic nitrogens is 1. The summed E-state index contributed by atoms with van der Waals surface area (Å²) in [5.41, 5.74) is 0.736. The quantitative estimate of drug-likeness (QED) is 0.231. The molecule has 0 aliphatic heterocycles. The molecule has 1 aliphatic carbocycles. The van der Waals surface area contributed by atoms with E-state index in [1.807, 2.05) is 19.0 Å². The Labute approximate surface area is 211 Å². The van der Waals surface area contributed by atoms with E-state index in [-0.39, 0.29) is 11.5 Å². The van der Waals surface area contributed by atoms with Crippen molar-refractivity contribution >= 4 is 34.5 Å². The van der Waals surface area contributed by atoms with Crippen LogP contribution in [0.2, 0.25) is 0 Å². The van der Waals surface area contributed by atoms with E-state index in [9.17, 15) is 24.3 Å². The first-order valence-electron chi connectivity index (χ1n) is 12.4. The normalized spacial score (nSPS) is 15.0. The highest BCUT2D eigenvalue weighted by atomic mass is 16.5. The number of rotatable bonds is 12. The Kier molecular flexibility index (Phi) is 9.46. The monoisotopic (exact) mass is 500 g/mol. The summed E-state index contributed by atoms with van der Waals surface area (Å²) in [6.45, 7) is 0.441. The summed E-state index contributed by atoms with van der Waals surface area (Å²) in [7, 11) is 5.40. The molecule has 1 atom stereocenters. The zero-order chi connectivity index (χ0) is 26.2. The number of carboxylic acids is 1. The lowest BCUT2D eigenvalue weighted by atomic mass is 9.82. The molecule has 1 saturated carbocycles. The highest BCUT2D eigenvalue weighted by Gasteiger charge is 2.40. The highest BCUT2D eigenvalue weighted by Crippen LogP contribution is 2.30. The lowest BCUT2D eigenvalue weighted by molar-refractivity contribution is -0.148. The lowest BCUT2D eigenvalue weighted by Crippen LogP contribution is -2.56. The largest absolute Gasteiger partial charge is 0.497 e. The molecule has 1 heterocycles. The van der Waals surface area contributed by atoms with Crippen molar-refractivity contribution in [2.24, 2.45) is 5.92 Å². The maximum atomic E-state index is 13.5. The van der Waals surface area contributed by atoms with Crippen molar-refractivity contribution < 1.29 is 29.0 Å². The van der Waals surface area contributed by atoms with Gasteiger partial charge in [0.2, 0.25) is 5.91 Å². The van der Waals surface area contributed by atoms with Gasteiger partial charge in [-0.1, -0.05) is 19.3 Å². The molecule has 10 heteroatoms. The molecule has 2 aromatic rings. The molecule has 10 nitrogen and oxygen atoms in total. The Morgan fingerprint density at radius 3 is 2.53 bits per heavy atom. The Balaban J connectivity index is 1.90. The molecule has 196 valence electrons. The third kappa shape index (κ3) is 6.63. The SMILES string of the molecule is COc1ccc2c(C(=O)C(=O)N(CC(=O)O)C(C(=O)NCCCN(C)C)C3CCCCC3)c[nH]c2c1. The Bertz CT molecular complexity index is 1090. The summed E-state index contributed by atoms with van der Waals surface area (Å²) in [5.74, 6) is -3.16. The van der Waals surface area contributed by atoms with Crippen molar-refractivity contribution in [3.8, 4) is 5.75 Å². The summed E-state index contributed by atoms with van der Waals surface area (Å²) in [5, 5.41) is 13.0. The van der Waals surface area contributed by atoms with Crippen LogP contribution in [0.5, 0.6) is 5.75 Å². The molecule has 36 heavy (non-hydrogen) atoms. The van der Waals surface area contributed by atoms with Crippen molar-refractivity contribution in [2.75, 3.05) is 40.8 Å². The minimum absolute atomic E-state index is 0.127. The first kappa shape index (κ1) is 27.2. The number of aromatic amines is 1. The molecule has 1 fully saturated rings. The van der Waals surface area contributed by atoms with Crippen LogP contribution in [0, 0.1) is 5.92 Å². The van der Waals surface area contributed by atoms with Gasteiger partial charge in [-0.2, -0.15) is 0 Å². The van der Waals surface area contributed by atoms with Gasteiger partial charge in [-0.3, -0.25) is 19.2 Å². The van der Waals surface area contributed by atoms with E-state index >= 15 is 0 Å². The average molecular weight is 501 g/mol. The Morgan fingerprint density at radius 1 is 1.17 bits per heavy atom. The number of amides is 2. The van der Waals surface area contributed by atoms with Crippen LogP contribution < -0.4 is 10.1 Å². The zero-order valence-corrected chi connectivity index (χ0v) is 21.2. The summed E-state index contributed by atoms with van der Waals surface area (Å²) < 4.78 is 5.21. The molecule has 1 aliphatic rings. The van der Waals surface area contributed by atoms with Crippen LogP contribution in [0.15, 0.2) is 24.4 Å².